The van der Waals surface area contributed by atoms with E-state index in [1.165, 1.54) is 78.0 Å². The van der Waals surface area contributed by atoms with Crippen LogP contribution in [0.2, 0.25) is 0 Å². The fourth-order valence-electron chi connectivity index (χ4n) is 8.13. The van der Waals surface area contributed by atoms with Crippen molar-refractivity contribution in [3.05, 3.63) is 119 Å². The molecule has 2 aliphatic rings. The predicted molar refractivity (Wildman–Crippen MR) is 211 cm³/mol. The van der Waals surface area contributed by atoms with Crippen LogP contribution in [0.3, 0.4) is 0 Å². The first-order valence-electron chi connectivity index (χ1n) is 17.9. The number of anilines is 3. The molecule has 2 aliphatic heterocycles. The fraction of sp³-hybridized carbons (Fsp3) is 0.311. The van der Waals surface area contributed by atoms with E-state index in [0.717, 1.165) is 11.3 Å². The summed E-state index contributed by atoms with van der Waals surface area (Å²) in [4.78, 5) is 8.06. The van der Waals surface area contributed by atoms with E-state index < -0.39 is 0 Å². The Bertz CT molecular complexity index is 2280. The zero-order valence-electron chi connectivity index (χ0n) is 31.1. The minimum atomic E-state index is -0.0264. The summed E-state index contributed by atoms with van der Waals surface area (Å²) < 4.78 is 2.48. The van der Waals surface area contributed by atoms with Gasteiger partial charge in [-0.3, -0.25) is 4.57 Å². The van der Waals surface area contributed by atoms with E-state index in [1.54, 1.807) is 0 Å². The first-order valence-corrected chi connectivity index (χ1v) is 17.9. The molecule has 0 fully saturated rings. The van der Waals surface area contributed by atoms with Gasteiger partial charge in [0, 0.05) is 28.3 Å². The van der Waals surface area contributed by atoms with Crippen LogP contribution in [-0.2, 0) is 16.2 Å². The van der Waals surface area contributed by atoms with Gasteiger partial charge < -0.3 is 4.90 Å². The van der Waals surface area contributed by atoms with Crippen LogP contribution in [0.15, 0.2) is 91.0 Å². The average Bonchev–Trinajstić information content (AvgIpc) is 3.40. The maximum Gasteiger partial charge on any atom is 0.252 e. The van der Waals surface area contributed by atoms with E-state index in [1.807, 2.05) is 0 Å². The lowest BCUT2D eigenvalue weighted by Gasteiger charge is -2.41. The Kier molecular flexibility index (Phi) is 6.77. The van der Waals surface area contributed by atoms with Gasteiger partial charge in [-0.2, -0.15) is 0 Å². The molecule has 6 aromatic rings. The summed E-state index contributed by atoms with van der Waals surface area (Å²) in [5, 5.41) is 0. The van der Waals surface area contributed by atoms with E-state index in [-0.39, 0.29) is 23.0 Å². The molecule has 0 aliphatic carbocycles. The third-order valence-corrected chi connectivity index (χ3v) is 10.9. The Hall–Kier alpha value is -4.57. The van der Waals surface area contributed by atoms with Crippen molar-refractivity contribution in [3.63, 3.8) is 0 Å². The van der Waals surface area contributed by atoms with Gasteiger partial charge in [0.25, 0.3) is 6.71 Å². The molecule has 8 rings (SSSR count). The number of hydrogen-bond acceptors (Lipinski definition) is 2. The lowest BCUT2D eigenvalue weighted by atomic mass is 9.33. The molecule has 3 heterocycles. The van der Waals surface area contributed by atoms with Crippen molar-refractivity contribution >= 4 is 51.2 Å². The minimum Gasteiger partial charge on any atom is -0.311 e. The summed E-state index contributed by atoms with van der Waals surface area (Å²) in [6.07, 6.45) is 0. The largest absolute Gasteiger partial charge is 0.311 e. The first kappa shape index (κ1) is 31.7. The smallest absolute Gasteiger partial charge is 0.252 e. The first-order chi connectivity index (χ1) is 23.0. The maximum absolute atomic E-state index is 5.53. The Morgan fingerprint density at radius 2 is 1.14 bits per heavy atom. The second-order valence-corrected chi connectivity index (χ2v) is 17.5. The number of nitrogens with zero attached hydrogens (tertiary/aromatic N) is 3. The molecular formula is C45H48BN3. The summed E-state index contributed by atoms with van der Waals surface area (Å²) in [5.74, 6) is 1.03. The van der Waals surface area contributed by atoms with E-state index in [4.69, 9.17) is 4.98 Å². The Morgan fingerprint density at radius 3 is 1.78 bits per heavy atom. The van der Waals surface area contributed by atoms with Crippen LogP contribution < -0.4 is 21.3 Å². The van der Waals surface area contributed by atoms with Crippen LogP contribution in [-0.4, -0.2) is 16.3 Å². The SMILES string of the molecule is Cc1cccc(C)c1-c1nc2cc(C(C)(C)C)cc3c2n1-c1cccc2c1B3c1ccc(C(C)(C)C)cc1N2c1ccc(C(C)(C)C)cc1. The zero-order chi connectivity index (χ0) is 34.8. The number of rotatable bonds is 2. The minimum absolute atomic E-state index is 0.0177. The van der Waals surface area contributed by atoms with Crippen LogP contribution in [0.25, 0.3) is 28.1 Å². The van der Waals surface area contributed by atoms with Crippen molar-refractivity contribution in [3.8, 4) is 17.1 Å². The maximum atomic E-state index is 5.53. The fourth-order valence-corrected chi connectivity index (χ4v) is 8.13. The number of hydrogen-bond donors (Lipinski definition) is 0. The van der Waals surface area contributed by atoms with Crippen LogP contribution in [0, 0.1) is 13.8 Å². The molecule has 0 N–H and O–H groups in total. The summed E-state index contributed by atoms with van der Waals surface area (Å²) >= 11 is 0. The Morgan fingerprint density at radius 1 is 0.551 bits per heavy atom. The van der Waals surface area contributed by atoms with E-state index in [9.17, 15) is 0 Å². The van der Waals surface area contributed by atoms with Gasteiger partial charge in [-0.15, -0.1) is 0 Å². The lowest BCUT2D eigenvalue weighted by Crippen LogP contribution is -2.60. The molecule has 0 saturated heterocycles. The molecule has 0 saturated carbocycles. The number of benzene rings is 5. The van der Waals surface area contributed by atoms with E-state index >= 15 is 0 Å². The molecule has 0 spiro atoms. The highest BCUT2D eigenvalue weighted by molar-refractivity contribution is 7.00. The molecule has 0 unspecified atom stereocenters. The van der Waals surface area contributed by atoms with Crippen molar-refractivity contribution in [1.82, 2.24) is 9.55 Å². The molecule has 0 bridgehead atoms. The van der Waals surface area contributed by atoms with Crippen LogP contribution in [0.4, 0.5) is 17.1 Å². The monoisotopic (exact) mass is 641 g/mol. The molecule has 0 amide bonds. The molecule has 5 aromatic carbocycles. The van der Waals surface area contributed by atoms with Crippen LogP contribution in [0.1, 0.15) is 90.1 Å². The van der Waals surface area contributed by atoms with Gasteiger partial charge >= 0.3 is 0 Å². The molecular weight excluding hydrogens is 593 g/mol. The normalized spacial score (nSPS) is 13.9. The number of aryl methyl sites for hydroxylation is 2. The number of imidazole rings is 1. The van der Waals surface area contributed by atoms with E-state index in [2.05, 4.69) is 177 Å². The van der Waals surface area contributed by atoms with Crippen molar-refractivity contribution in [2.45, 2.75) is 92.4 Å². The highest BCUT2D eigenvalue weighted by Crippen LogP contribution is 2.43. The van der Waals surface area contributed by atoms with Crippen LogP contribution >= 0.6 is 0 Å². The number of aromatic nitrogens is 2. The second-order valence-electron chi connectivity index (χ2n) is 17.5. The standard InChI is InChI=1S/C45H48BN3/c1-27-14-12-15-28(2)39(27)42-47-35-25-31(45(9,10)11)24-34-41(35)49(42)37-17-13-16-36-40(37)46(34)33-23-20-30(44(6,7)8)26-38(33)48(36)32-21-18-29(19-22-32)43(3,4)5/h12-26H,1-11H3. The third kappa shape index (κ3) is 4.82. The molecule has 0 radical (unpaired) electrons. The summed E-state index contributed by atoms with van der Waals surface area (Å²) in [6.45, 7) is 25.3. The predicted octanol–water partition coefficient (Wildman–Crippen LogP) is 9.81. The molecule has 0 atom stereocenters. The van der Waals surface area contributed by atoms with Gasteiger partial charge in [0.1, 0.15) is 5.82 Å². The van der Waals surface area contributed by atoms with Gasteiger partial charge in [0.15, 0.2) is 0 Å². The summed E-state index contributed by atoms with van der Waals surface area (Å²) in [6, 6.07) is 34.8. The third-order valence-electron chi connectivity index (χ3n) is 10.9. The molecule has 4 heteroatoms. The van der Waals surface area contributed by atoms with Gasteiger partial charge in [0.05, 0.1) is 11.0 Å². The van der Waals surface area contributed by atoms with Gasteiger partial charge in [-0.05, 0) is 111 Å². The van der Waals surface area contributed by atoms with Gasteiger partial charge in [0.2, 0.25) is 0 Å². The topological polar surface area (TPSA) is 21.1 Å². The summed E-state index contributed by atoms with van der Waals surface area (Å²) in [7, 11) is 0. The lowest BCUT2D eigenvalue weighted by molar-refractivity contribution is 0.590. The molecule has 3 nitrogen and oxygen atoms in total. The summed E-state index contributed by atoms with van der Waals surface area (Å²) in [5.41, 5.74) is 19.1. The number of fused-ring (bicyclic) bond motifs is 4. The quantitative estimate of drug-likeness (QED) is 0.175. The average molecular weight is 642 g/mol. The molecule has 49 heavy (non-hydrogen) atoms. The molecule has 1 aromatic heterocycles. The van der Waals surface area contributed by atoms with Crippen molar-refractivity contribution in [1.29, 1.82) is 0 Å². The second kappa shape index (κ2) is 10.5. The Labute approximate surface area is 293 Å². The van der Waals surface area contributed by atoms with Gasteiger partial charge in [-0.25, -0.2) is 4.98 Å². The van der Waals surface area contributed by atoms with Crippen molar-refractivity contribution < 1.29 is 0 Å². The highest BCUT2D eigenvalue weighted by atomic mass is 15.2. The van der Waals surface area contributed by atoms with Gasteiger partial charge in [-0.1, -0.05) is 117 Å². The van der Waals surface area contributed by atoms with E-state index in [0.29, 0.717) is 0 Å². The van der Waals surface area contributed by atoms with Crippen molar-refractivity contribution in [2.24, 2.45) is 0 Å². The zero-order valence-corrected chi connectivity index (χ0v) is 31.1. The molecule has 246 valence electrons. The van der Waals surface area contributed by atoms with Crippen molar-refractivity contribution in [2.75, 3.05) is 4.90 Å². The van der Waals surface area contributed by atoms with Crippen LogP contribution in [0.5, 0.6) is 0 Å². The Balaban J connectivity index is 1.50. The highest BCUT2D eigenvalue weighted by Gasteiger charge is 2.43.